The van der Waals surface area contributed by atoms with E-state index in [1.807, 2.05) is 13.8 Å². The van der Waals surface area contributed by atoms with Crippen molar-refractivity contribution in [1.29, 1.82) is 0 Å². The molecule has 0 spiro atoms. The summed E-state index contributed by atoms with van der Waals surface area (Å²) in [6, 6.07) is 3.47. The predicted molar refractivity (Wildman–Crippen MR) is 110 cm³/mol. The molecule has 9 nitrogen and oxygen atoms in total. The van der Waals surface area contributed by atoms with Crippen molar-refractivity contribution in [3.8, 4) is 16.3 Å². The molecule has 2 rings (SSSR count). The Bertz CT molecular complexity index is 1010. The van der Waals surface area contributed by atoms with Crippen LogP contribution in [0, 0.1) is 19.4 Å². The molecule has 10 heteroatoms. The minimum atomic E-state index is -1.55. The fraction of sp³-hybridized carbons (Fsp3) is 0.350. The van der Waals surface area contributed by atoms with Crippen molar-refractivity contribution in [2.45, 2.75) is 33.2 Å². The summed E-state index contributed by atoms with van der Waals surface area (Å²) >= 11 is 1.03. The van der Waals surface area contributed by atoms with Crippen LogP contribution in [0.15, 0.2) is 18.2 Å². The molecule has 0 saturated heterocycles. The lowest BCUT2D eigenvalue weighted by Gasteiger charge is -2.11. The zero-order valence-corrected chi connectivity index (χ0v) is 17.4. The van der Waals surface area contributed by atoms with E-state index in [9.17, 15) is 14.4 Å². The van der Waals surface area contributed by atoms with E-state index >= 15 is 0 Å². The number of aryl methyl sites for hydroxylation is 1. The van der Waals surface area contributed by atoms with Crippen LogP contribution in [0.5, 0.6) is 5.75 Å². The molecule has 0 aliphatic heterocycles. The number of rotatable bonds is 9. The number of thiazole rings is 1. The van der Waals surface area contributed by atoms with E-state index in [4.69, 9.17) is 21.5 Å². The molecule has 2 aromatic rings. The van der Waals surface area contributed by atoms with E-state index < -0.39 is 30.3 Å². The highest BCUT2D eigenvalue weighted by atomic mass is 32.1. The highest BCUT2D eigenvalue weighted by molar-refractivity contribution is 7.17. The van der Waals surface area contributed by atoms with Gasteiger partial charge in [-0.25, -0.2) is 14.6 Å². The Hall–Kier alpha value is -3.45. The minimum absolute atomic E-state index is 0.172. The van der Waals surface area contributed by atoms with Gasteiger partial charge >= 0.3 is 11.9 Å². The molecular formula is C20H21N3O6S. The standard InChI is InChI=1S/C20H21N3O6S/c1-10(2)9-29-15-6-5-12(7-13(15)21-4)19-22-11(3)17(30-19)18(26)23-14(20(27)28)8-16(24)25/h5-7,10,14H,8-9H2,1-3H3,(H,23,26)(H,24,25)(H,27,28). The molecule has 0 aliphatic rings. The Morgan fingerprint density at radius 3 is 2.57 bits per heavy atom. The van der Waals surface area contributed by atoms with E-state index in [0.29, 0.717) is 40.2 Å². The molecule has 0 fully saturated rings. The van der Waals surface area contributed by atoms with Crippen LogP contribution in [0.4, 0.5) is 5.69 Å². The second-order valence-corrected chi connectivity index (χ2v) is 7.89. The fourth-order valence-electron chi connectivity index (χ4n) is 2.45. The van der Waals surface area contributed by atoms with Crippen LogP contribution in [-0.4, -0.2) is 45.7 Å². The lowest BCUT2D eigenvalue weighted by atomic mass is 10.2. The number of hydrogen-bond acceptors (Lipinski definition) is 6. The van der Waals surface area contributed by atoms with Crippen molar-refractivity contribution in [3.63, 3.8) is 0 Å². The normalized spacial score (nSPS) is 11.6. The summed E-state index contributed by atoms with van der Waals surface area (Å²) in [7, 11) is 0. The van der Waals surface area contributed by atoms with Crippen LogP contribution in [-0.2, 0) is 9.59 Å². The van der Waals surface area contributed by atoms with E-state index in [1.54, 1.807) is 25.1 Å². The third kappa shape index (κ3) is 5.78. The summed E-state index contributed by atoms with van der Waals surface area (Å²) in [5.74, 6) is -2.72. The lowest BCUT2D eigenvalue weighted by molar-refractivity contribution is -0.145. The van der Waals surface area contributed by atoms with Crippen LogP contribution in [0.1, 0.15) is 35.6 Å². The molecule has 0 aliphatic carbocycles. The molecule has 1 unspecified atom stereocenters. The highest BCUT2D eigenvalue weighted by Crippen LogP contribution is 2.35. The van der Waals surface area contributed by atoms with Crippen molar-refractivity contribution in [2.75, 3.05) is 6.61 Å². The van der Waals surface area contributed by atoms with E-state index in [-0.39, 0.29) is 4.88 Å². The van der Waals surface area contributed by atoms with Gasteiger partial charge in [-0.05, 0) is 25.0 Å². The molecule has 30 heavy (non-hydrogen) atoms. The second kappa shape index (κ2) is 9.84. The van der Waals surface area contributed by atoms with Gasteiger partial charge in [-0.3, -0.25) is 9.59 Å². The summed E-state index contributed by atoms with van der Waals surface area (Å²) in [4.78, 5) is 42.5. The van der Waals surface area contributed by atoms with Crippen molar-refractivity contribution < 1.29 is 29.3 Å². The number of carboxylic acid groups (broad SMARTS) is 2. The molecule has 158 valence electrons. The Balaban J connectivity index is 2.27. The maximum atomic E-state index is 12.5. The number of ether oxygens (including phenoxy) is 1. The Morgan fingerprint density at radius 1 is 1.30 bits per heavy atom. The molecule has 1 atom stereocenters. The summed E-state index contributed by atoms with van der Waals surface area (Å²) in [5, 5.41) is 20.6. The summed E-state index contributed by atoms with van der Waals surface area (Å²) < 4.78 is 5.65. The Labute approximate surface area is 177 Å². The number of hydrogen-bond donors (Lipinski definition) is 3. The number of carbonyl (C=O) groups is 3. The van der Waals surface area contributed by atoms with E-state index in [2.05, 4.69) is 15.1 Å². The zero-order chi connectivity index (χ0) is 22.4. The molecule has 1 heterocycles. The van der Waals surface area contributed by atoms with E-state index in [1.165, 1.54) is 0 Å². The minimum Gasteiger partial charge on any atom is -0.504 e. The van der Waals surface area contributed by atoms with Gasteiger partial charge in [0.25, 0.3) is 5.91 Å². The van der Waals surface area contributed by atoms with Gasteiger partial charge in [0.2, 0.25) is 5.69 Å². The molecule has 1 aromatic heterocycles. The largest absolute Gasteiger partial charge is 0.504 e. The third-order valence-electron chi connectivity index (χ3n) is 3.88. The smallest absolute Gasteiger partial charge is 0.326 e. The molecular weight excluding hydrogens is 410 g/mol. The van der Waals surface area contributed by atoms with Gasteiger partial charge in [0.05, 0.1) is 25.3 Å². The molecule has 1 aromatic carbocycles. The summed E-state index contributed by atoms with van der Waals surface area (Å²) in [6.45, 7) is 13.5. The maximum Gasteiger partial charge on any atom is 0.326 e. The van der Waals surface area contributed by atoms with Gasteiger partial charge in [-0.1, -0.05) is 19.9 Å². The summed E-state index contributed by atoms with van der Waals surface area (Å²) in [6.07, 6.45) is -0.738. The molecule has 0 radical (unpaired) electrons. The number of nitrogens with zero attached hydrogens (tertiary/aromatic N) is 2. The lowest BCUT2D eigenvalue weighted by Crippen LogP contribution is -2.42. The van der Waals surface area contributed by atoms with Gasteiger partial charge in [-0.2, -0.15) is 0 Å². The first kappa shape index (κ1) is 22.8. The summed E-state index contributed by atoms with van der Waals surface area (Å²) in [5.41, 5.74) is 1.31. The van der Waals surface area contributed by atoms with Gasteiger partial charge in [0.15, 0.2) is 0 Å². The first-order valence-electron chi connectivity index (χ1n) is 9.00. The number of nitrogens with one attached hydrogen (secondary N) is 1. The first-order valence-corrected chi connectivity index (χ1v) is 9.81. The maximum absolute atomic E-state index is 12.5. The van der Waals surface area contributed by atoms with Crippen LogP contribution in [0.2, 0.25) is 0 Å². The SMILES string of the molecule is [C-]#[N+]c1cc(-c2nc(C)c(C(=O)NC(CC(=O)O)C(=O)O)s2)ccc1OCC(C)C. The molecule has 1 amide bonds. The average Bonchev–Trinajstić information content (AvgIpc) is 3.06. The Morgan fingerprint density at radius 2 is 2.00 bits per heavy atom. The number of amides is 1. The van der Waals surface area contributed by atoms with Crippen molar-refractivity contribution >= 4 is 34.9 Å². The van der Waals surface area contributed by atoms with E-state index in [0.717, 1.165) is 11.3 Å². The number of aromatic nitrogens is 1. The van der Waals surface area contributed by atoms with Crippen LogP contribution in [0.25, 0.3) is 15.4 Å². The first-order chi connectivity index (χ1) is 14.1. The highest BCUT2D eigenvalue weighted by Gasteiger charge is 2.26. The van der Waals surface area contributed by atoms with Crippen LogP contribution < -0.4 is 10.1 Å². The van der Waals surface area contributed by atoms with Gasteiger partial charge in [-0.15, -0.1) is 11.3 Å². The van der Waals surface area contributed by atoms with Gasteiger partial charge in [0, 0.05) is 5.56 Å². The quantitative estimate of drug-likeness (QED) is 0.519. The predicted octanol–water partition coefficient (Wildman–Crippen LogP) is 3.36. The third-order valence-corrected chi connectivity index (χ3v) is 5.09. The average molecular weight is 431 g/mol. The van der Waals surface area contributed by atoms with Crippen molar-refractivity contribution in [2.24, 2.45) is 5.92 Å². The number of benzene rings is 1. The van der Waals surface area contributed by atoms with Crippen LogP contribution in [0.3, 0.4) is 0 Å². The molecule has 0 saturated carbocycles. The number of aliphatic carboxylic acids is 2. The Kier molecular flexibility index (Phi) is 7.49. The van der Waals surface area contributed by atoms with Crippen molar-refractivity contribution in [3.05, 3.63) is 40.2 Å². The number of carbonyl (C=O) groups excluding carboxylic acids is 1. The topological polar surface area (TPSA) is 130 Å². The zero-order valence-electron chi connectivity index (χ0n) is 16.6. The van der Waals surface area contributed by atoms with Crippen molar-refractivity contribution in [1.82, 2.24) is 10.3 Å². The number of carboxylic acids is 2. The van der Waals surface area contributed by atoms with Gasteiger partial charge < -0.3 is 20.3 Å². The second-order valence-electron chi connectivity index (χ2n) is 6.89. The monoisotopic (exact) mass is 431 g/mol. The molecule has 3 N–H and O–H groups in total. The van der Waals surface area contributed by atoms with Crippen LogP contribution >= 0.6 is 11.3 Å². The molecule has 0 bridgehead atoms. The fourth-order valence-corrected chi connectivity index (χ4v) is 3.41. The van der Waals surface area contributed by atoms with Gasteiger partial charge in [0.1, 0.15) is 21.7 Å².